The Labute approximate surface area is 120 Å². The van der Waals surface area contributed by atoms with Crippen LogP contribution in [0.25, 0.3) is 0 Å². The largest absolute Gasteiger partial charge is 0.300 e. The predicted molar refractivity (Wildman–Crippen MR) is 73.0 cm³/mol. The van der Waals surface area contributed by atoms with Crippen molar-refractivity contribution in [1.82, 2.24) is 4.90 Å². The summed E-state index contributed by atoms with van der Waals surface area (Å²) in [6, 6.07) is 3.99. The normalized spacial score (nSPS) is 13.5. The summed E-state index contributed by atoms with van der Waals surface area (Å²) in [6.07, 6.45) is 1.06. The molecule has 1 heterocycles. The maximum absolute atomic E-state index is 12.2. The first-order valence-electron chi connectivity index (χ1n) is 6.62. The van der Waals surface area contributed by atoms with Gasteiger partial charge in [0.1, 0.15) is 11.3 Å². The SMILES string of the molecule is CCC(=O)CCCN1C(=O)c2cccc([N+](=O)[O-])c2C1=O. The average Bonchev–Trinajstić information content (AvgIpc) is 2.71. The van der Waals surface area contributed by atoms with Crippen molar-refractivity contribution in [3.8, 4) is 0 Å². The smallest absolute Gasteiger partial charge is 0.282 e. The van der Waals surface area contributed by atoms with Gasteiger partial charge in [-0.1, -0.05) is 13.0 Å². The standard InChI is InChI=1S/C14H14N2O5/c1-2-9(17)5-4-8-15-13(18)10-6-3-7-11(16(20)21)12(10)14(15)19/h3,6-7H,2,4-5,8H2,1H3. The molecule has 0 saturated carbocycles. The van der Waals surface area contributed by atoms with Gasteiger partial charge in [0.25, 0.3) is 17.5 Å². The summed E-state index contributed by atoms with van der Waals surface area (Å²) in [7, 11) is 0. The van der Waals surface area contributed by atoms with Crippen molar-refractivity contribution < 1.29 is 19.3 Å². The first-order valence-corrected chi connectivity index (χ1v) is 6.62. The third kappa shape index (κ3) is 2.67. The van der Waals surface area contributed by atoms with E-state index >= 15 is 0 Å². The molecule has 1 aromatic carbocycles. The highest BCUT2D eigenvalue weighted by Crippen LogP contribution is 2.30. The molecular formula is C14H14N2O5. The Bertz CT molecular complexity index is 638. The molecule has 0 atom stereocenters. The fourth-order valence-corrected chi connectivity index (χ4v) is 2.28. The maximum atomic E-state index is 12.2. The number of rotatable bonds is 6. The number of Topliss-reactive ketones (excluding diaryl/α,β-unsaturated/α-hetero) is 1. The summed E-state index contributed by atoms with van der Waals surface area (Å²) >= 11 is 0. The molecule has 7 nitrogen and oxygen atoms in total. The molecule has 0 fully saturated rings. The van der Waals surface area contributed by atoms with E-state index < -0.39 is 16.7 Å². The van der Waals surface area contributed by atoms with Crippen LogP contribution in [0.4, 0.5) is 5.69 Å². The Kier molecular flexibility index (Phi) is 4.11. The summed E-state index contributed by atoms with van der Waals surface area (Å²) in [4.78, 5) is 46.8. The quantitative estimate of drug-likeness (QED) is 0.453. The lowest BCUT2D eigenvalue weighted by Gasteiger charge is -2.12. The molecule has 7 heteroatoms. The summed E-state index contributed by atoms with van der Waals surface area (Å²) in [6.45, 7) is 1.84. The Hall–Kier alpha value is -2.57. The summed E-state index contributed by atoms with van der Waals surface area (Å²) in [5.41, 5.74) is -0.469. The molecule has 1 aliphatic rings. The number of carbonyl (C=O) groups is 3. The summed E-state index contributed by atoms with van der Waals surface area (Å²) < 4.78 is 0. The van der Waals surface area contributed by atoms with Crippen LogP contribution in [-0.2, 0) is 4.79 Å². The number of amides is 2. The highest BCUT2D eigenvalue weighted by atomic mass is 16.6. The second-order valence-electron chi connectivity index (χ2n) is 4.71. The van der Waals surface area contributed by atoms with Crippen molar-refractivity contribution in [1.29, 1.82) is 0 Å². The molecule has 0 N–H and O–H groups in total. The molecule has 0 spiro atoms. The Morgan fingerprint density at radius 1 is 1.29 bits per heavy atom. The molecular weight excluding hydrogens is 276 g/mol. The van der Waals surface area contributed by atoms with E-state index in [-0.39, 0.29) is 35.6 Å². The van der Waals surface area contributed by atoms with Crippen molar-refractivity contribution >= 4 is 23.3 Å². The predicted octanol–water partition coefficient (Wildman–Crippen LogP) is 1.95. The minimum Gasteiger partial charge on any atom is -0.300 e. The Morgan fingerprint density at radius 2 is 2.00 bits per heavy atom. The van der Waals surface area contributed by atoms with E-state index in [2.05, 4.69) is 0 Å². The van der Waals surface area contributed by atoms with E-state index in [0.717, 1.165) is 4.90 Å². The van der Waals surface area contributed by atoms with Gasteiger partial charge in [-0.15, -0.1) is 0 Å². The lowest BCUT2D eigenvalue weighted by atomic mass is 10.1. The fraction of sp³-hybridized carbons (Fsp3) is 0.357. The molecule has 0 unspecified atom stereocenters. The lowest BCUT2D eigenvalue weighted by Crippen LogP contribution is -2.31. The topological polar surface area (TPSA) is 97.6 Å². The number of carbonyl (C=O) groups excluding carboxylic acids is 3. The number of ketones is 1. The van der Waals surface area contributed by atoms with Crippen LogP contribution < -0.4 is 0 Å². The van der Waals surface area contributed by atoms with Crippen LogP contribution in [0, 0.1) is 10.1 Å². The average molecular weight is 290 g/mol. The van der Waals surface area contributed by atoms with Gasteiger partial charge in [0, 0.05) is 25.5 Å². The highest BCUT2D eigenvalue weighted by Gasteiger charge is 2.40. The molecule has 0 bridgehead atoms. The zero-order valence-corrected chi connectivity index (χ0v) is 11.5. The monoisotopic (exact) mass is 290 g/mol. The Balaban J connectivity index is 2.20. The number of nitro benzene ring substituents is 1. The zero-order chi connectivity index (χ0) is 15.6. The van der Waals surface area contributed by atoms with Gasteiger partial charge in [-0.25, -0.2) is 0 Å². The van der Waals surface area contributed by atoms with E-state index in [1.807, 2.05) is 0 Å². The number of imide groups is 1. The molecule has 1 aromatic rings. The molecule has 1 aliphatic heterocycles. The Morgan fingerprint density at radius 3 is 2.62 bits per heavy atom. The van der Waals surface area contributed by atoms with Crippen LogP contribution in [-0.4, -0.2) is 34.0 Å². The van der Waals surface area contributed by atoms with Crippen LogP contribution in [0.5, 0.6) is 0 Å². The number of nitro groups is 1. The molecule has 2 amide bonds. The number of fused-ring (bicyclic) bond motifs is 1. The number of nitrogens with zero attached hydrogens (tertiary/aromatic N) is 2. The van der Waals surface area contributed by atoms with Crippen LogP contribution in [0.15, 0.2) is 18.2 Å². The molecule has 2 rings (SSSR count). The van der Waals surface area contributed by atoms with Crippen molar-refractivity contribution in [2.24, 2.45) is 0 Å². The first kappa shape index (κ1) is 14.8. The maximum Gasteiger partial charge on any atom is 0.282 e. The highest BCUT2D eigenvalue weighted by molar-refractivity contribution is 6.23. The van der Waals surface area contributed by atoms with Gasteiger partial charge in [0.05, 0.1) is 10.5 Å². The van der Waals surface area contributed by atoms with Gasteiger partial charge in [0.15, 0.2) is 0 Å². The van der Waals surface area contributed by atoms with Gasteiger partial charge < -0.3 is 0 Å². The summed E-state index contributed by atoms with van der Waals surface area (Å²) in [5.74, 6) is -1.15. The molecule has 0 radical (unpaired) electrons. The van der Waals surface area contributed by atoms with E-state index in [1.54, 1.807) is 6.92 Å². The van der Waals surface area contributed by atoms with Crippen molar-refractivity contribution in [2.45, 2.75) is 26.2 Å². The molecule has 21 heavy (non-hydrogen) atoms. The second kappa shape index (κ2) is 5.82. The molecule has 0 aromatic heterocycles. The van der Waals surface area contributed by atoms with Gasteiger partial charge in [0.2, 0.25) is 0 Å². The minimum atomic E-state index is -0.672. The van der Waals surface area contributed by atoms with Gasteiger partial charge in [-0.2, -0.15) is 0 Å². The third-order valence-electron chi connectivity index (χ3n) is 3.41. The van der Waals surface area contributed by atoms with Crippen molar-refractivity contribution in [3.05, 3.63) is 39.4 Å². The lowest BCUT2D eigenvalue weighted by molar-refractivity contribution is -0.385. The molecule has 0 saturated heterocycles. The fourth-order valence-electron chi connectivity index (χ4n) is 2.28. The van der Waals surface area contributed by atoms with E-state index in [1.165, 1.54) is 18.2 Å². The minimum absolute atomic E-state index is 0.0519. The van der Waals surface area contributed by atoms with Gasteiger partial charge in [-0.05, 0) is 12.5 Å². The van der Waals surface area contributed by atoms with Crippen LogP contribution in [0.1, 0.15) is 46.9 Å². The number of hydrogen-bond donors (Lipinski definition) is 0. The van der Waals surface area contributed by atoms with Gasteiger partial charge in [-0.3, -0.25) is 29.4 Å². The first-order chi connectivity index (χ1) is 9.97. The molecule has 0 aliphatic carbocycles. The third-order valence-corrected chi connectivity index (χ3v) is 3.41. The number of benzene rings is 1. The van der Waals surface area contributed by atoms with E-state index in [9.17, 15) is 24.5 Å². The zero-order valence-electron chi connectivity index (χ0n) is 11.5. The van der Waals surface area contributed by atoms with Crippen LogP contribution >= 0.6 is 0 Å². The number of hydrogen-bond acceptors (Lipinski definition) is 5. The van der Waals surface area contributed by atoms with Gasteiger partial charge >= 0.3 is 0 Å². The van der Waals surface area contributed by atoms with Crippen molar-refractivity contribution in [2.75, 3.05) is 6.54 Å². The summed E-state index contributed by atoms with van der Waals surface area (Å²) in [5, 5.41) is 10.9. The van der Waals surface area contributed by atoms with E-state index in [4.69, 9.17) is 0 Å². The second-order valence-corrected chi connectivity index (χ2v) is 4.71. The van der Waals surface area contributed by atoms with Crippen LogP contribution in [0.3, 0.4) is 0 Å². The van der Waals surface area contributed by atoms with E-state index in [0.29, 0.717) is 12.8 Å². The molecule has 110 valence electrons. The van der Waals surface area contributed by atoms with Crippen molar-refractivity contribution in [3.63, 3.8) is 0 Å². The van der Waals surface area contributed by atoms with Crippen LogP contribution in [0.2, 0.25) is 0 Å².